The van der Waals surface area contributed by atoms with Gasteiger partial charge in [0.2, 0.25) is 10.0 Å². The van der Waals surface area contributed by atoms with Crippen LogP contribution < -0.4 is 4.72 Å². The number of benzene rings is 1. The molecule has 0 atom stereocenters. The molecule has 2 aromatic rings. The van der Waals surface area contributed by atoms with Crippen LogP contribution >= 0.6 is 15.9 Å². The molecule has 112 valence electrons. The Kier molecular flexibility index (Phi) is 4.45. The number of nitrogens with zero attached hydrogens (tertiary/aromatic N) is 2. The molecule has 1 aromatic carbocycles. The van der Waals surface area contributed by atoms with Crippen molar-refractivity contribution < 1.29 is 18.3 Å². The van der Waals surface area contributed by atoms with Crippen LogP contribution in [-0.2, 0) is 23.6 Å². The average Bonchev–Trinajstić information content (AvgIpc) is 2.82. The third-order valence-corrected chi connectivity index (χ3v) is 5.09. The third kappa shape index (κ3) is 3.69. The first-order valence-corrected chi connectivity index (χ1v) is 8.07. The number of carboxylic acid groups (broad SMARTS) is 1. The van der Waals surface area contributed by atoms with Crippen molar-refractivity contribution in [3.8, 4) is 0 Å². The van der Waals surface area contributed by atoms with Crippen molar-refractivity contribution in [1.29, 1.82) is 0 Å². The van der Waals surface area contributed by atoms with Crippen LogP contribution in [0.1, 0.15) is 15.9 Å². The van der Waals surface area contributed by atoms with Gasteiger partial charge in [-0.05, 0) is 34.1 Å². The minimum Gasteiger partial charge on any atom is -0.478 e. The molecule has 9 heteroatoms. The zero-order valence-corrected chi connectivity index (χ0v) is 13.3. The highest BCUT2D eigenvalue weighted by Gasteiger charge is 2.19. The van der Waals surface area contributed by atoms with Gasteiger partial charge in [0.15, 0.2) is 0 Å². The number of carboxylic acids is 1. The number of aryl methyl sites for hydroxylation is 1. The number of nitrogens with one attached hydrogen (secondary N) is 1. The van der Waals surface area contributed by atoms with Crippen molar-refractivity contribution >= 4 is 31.9 Å². The fourth-order valence-corrected chi connectivity index (χ4v) is 3.67. The fourth-order valence-electron chi connectivity index (χ4n) is 1.66. The van der Waals surface area contributed by atoms with Gasteiger partial charge >= 0.3 is 5.97 Å². The molecule has 0 fully saturated rings. The first kappa shape index (κ1) is 15.7. The minimum atomic E-state index is -3.83. The van der Waals surface area contributed by atoms with Crippen LogP contribution in [0, 0.1) is 0 Å². The highest BCUT2D eigenvalue weighted by molar-refractivity contribution is 9.10. The number of sulfonamides is 1. The largest absolute Gasteiger partial charge is 0.478 e. The van der Waals surface area contributed by atoms with E-state index in [0.29, 0.717) is 10.0 Å². The third-order valence-electron chi connectivity index (χ3n) is 2.69. The molecular weight excluding hydrogens is 362 g/mol. The monoisotopic (exact) mass is 373 g/mol. The highest BCUT2D eigenvalue weighted by Crippen LogP contribution is 2.23. The van der Waals surface area contributed by atoms with E-state index in [4.69, 9.17) is 5.11 Å². The van der Waals surface area contributed by atoms with Crippen molar-refractivity contribution in [2.45, 2.75) is 11.4 Å². The summed E-state index contributed by atoms with van der Waals surface area (Å²) < 4.78 is 28.8. The van der Waals surface area contributed by atoms with Crippen molar-refractivity contribution in [3.05, 3.63) is 46.2 Å². The lowest BCUT2D eigenvalue weighted by Crippen LogP contribution is -2.23. The van der Waals surface area contributed by atoms with E-state index < -0.39 is 16.0 Å². The summed E-state index contributed by atoms with van der Waals surface area (Å²) >= 11 is 3.12. The second-order valence-corrected chi connectivity index (χ2v) is 6.89. The summed E-state index contributed by atoms with van der Waals surface area (Å²) in [7, 11) is -2.11. The number of carbonyl (C=O) groups is 1. The van der Waals surface area contributed by atoms with Gasteiger partial charge in [-0.3, -0.25) is 4.68 Å². The molecule has 0 aliphatic rings. The Balaban J connectivity index is 2.26. The SMILES string of the molecule is Cn1cc(CNS(=O)(=O)c2cc(C(=O)O)ccc2Br)cn1. The van der Waals surface area contributed by atoms with Gasteiger partial charge in [-0.1, -0.05) is 0 Å². The summed E-state index contributed by atoms with van der Waals surface area (Å²) in [5.74, 6) is -1.19. The Morgan fingerprint density at radius 1 is 1.48 bits per heavy atom. The molecule has 7 nitrogen and oxygen atoms in total. The minimum absolute atomic E-state index is 0.0694. The molecule has 0 radical (unpaired) electrons. The summed E-state index contributed by atoms with van der Waals surface area (Å²) in [4.78, 5) is 10.8. The molecule has 2 N–H and O–H groups in total. The number of hydrogen-bond donors (Lipinski definition) is 2. The van der Waals surface area contributed by atoms with E-state index in [1.54, 1.807) is 24.1 Å². The molecule has 0 aliphatic heterocycles. The number of hydrogen-bond acceptors (Lipinski definition) is 4. The molecule has 0 unspecified atom stereocenters. The Labute approximate surface area is 129 Å². The quantitative estimate of drug-likeness (QED) is 0.823. The molecule has 0 spiro atoms. The van der Waals surface area contributed by atoms with Gasteiger partial charge in [0.05, 0.1) is 16.7 Å². The van der Waals surface area contributed by atoms with Crippen molar-refractivity contribution in [2.75, 3.05) is 0 Å². The van der Waals surface area contributed by atoms with Crippen molar-refractivity contribution in [1.82, 2.24) is 14.5 Å². The normalized spacial score (nSPS) is 11.5. The van der Waals surface area contributed by atoms with Crippen LogP contribution in [0.4, 0.5) is 0 Å². The number of aromatic carboxylic acids is 1. The maximum atomic E-state index is 12.2. The highest BCUT2D eigenvalue weighted by atomic mass is 79.9. The van der Waals surface area contributed by atoms with Crippen LogP contribution in [0.2, 0.25) is 0 Å². The lowest BCUT2D eigenvalue weighted by molar-refractivity contribution is 0.0696. The molecule has 2 rings (SSSR count). The molecule has 0 bridgehead atoms. The predicted molar refractivity (Wildman–Crippen MR) is 78.3 cm³/mol. The van der Waals surface area contributed by atoms with Gasteiger partial charge in [-0.2, -0.15) is 5.10 Å². The molecule has 0 saturated carbocycles. The summed E-state index contributed by atoms with van der Waals surface area (Å²) in [5.41, 5.74) is 0.603. The maximum absolute atomic E-state index is 12.2. The van der Waals surface area contributed by atoms with E-state index in [9.17, 15) is 13.2 Å². The average molecular weight is 374 g/mol. The number of rotatable bonds is 5. The van der Waals surface area contributed by atoms with Crippen molar-refractivity contribution in [3.63, 3.8) is 0 Å². The van der Waals surface area contributed by atoms with Gasteiger partial charge in [-0.25, -0.2) is 17.9 Å². The van der Waals surface area contributed by atoms with Gasteiger partial charge in [0.1, 0.15) is 0 Å². The van der Waals surface area contributed by atoms with E-state index >= 15 is 0 Å². The lowest BCUT2D eigenvalue weighted by Gasteiger charge is -2.08. The van der Waals surface area contributed by atoms with Crippen LogP contribution in [-0.4, -0.2) is 29.3 Å². The van der Waals surface area contributed by atoms with Crippen LogP contribution in [0.3, 0.4) is 0 Å². The Morgan fingerprint density at radius 3 is 2.76 bits per heavy atom. The molecule has 0 aliphatic carbocycles. The Morgan fingerprint density at radius 2 is 2.19 bits per heavy atom. The molecule has 0 saturated heterocycles. The summed E-state index contributed by atoms with van der Waals surface area (Å²) in [6.07, 6.45) is 3.23. The number of halogens is 1. The zero-order chi connectivity index (χ0) is 15.6. The second kappa shape index (κ2) is 5.96. The maximum Gasteiger partial charge on any atom is 0.335 e. The molecule has 21 heavy (non-hydrogen) atoms. The summed E-state index contributed by atoms with van der Waals surface area (Å²) in [6.45, 7) is 0.0694. The first-order valence-electron chi connectivity index (χ1n) is 5.79. The lowest BCUT2D eigenvalue weighted by atomic mass is 10.2. The van der Waals surface area contributed by atoms with Crippen molar-refractivity contribution in [2.24, 2.45) is 7.05 Å². The van der Waals surface area contributed by atoms with Gasteiger partial charge in [0, 0.05) is 29.8 Å². The van der Waals surface area contributed by atoms with E-state index in [1.165, 1.54) is 12.1 Å². The summed E-state index contributed by atoms with van der Waals surface area (Å²) in [5, 5.41) is 12.9. The van der Waals surface area contributed by atoms with Gasteiger partial charge in [0.25, 0.3) is 0 Å². The van der Waals surface area contributed by atoms with Crippen LogP contribution in [0.25, 0.3) is 0 Å². The van der Waals surface area contributed by atoms with E-state index in [-0.39, 0.29) is 17.0 Å². The predicted octanol–water partition coefficient (Wildman–Crippen LogP) is 1.36. The molecule has 0 amide bonds. The number of aromatic nitrogens is 2. The van der Waals surface area contributed by atoms with E-state index in [1.807, 2.05) is 0 Å². The van der Waals surface area contributed by atoms with E-state index in [0.717, 1.165) is 6.07 Å². The second-order valence-electron chi connectivity index (χ2n) is 4.30. The zero-order valence-electron chi connectivity index (χ0n) is 10.9. The fraction of sp³-hybridized carbons (Fsp3) is 0.167. The Hall–Kier alpha value is -1.71. The van der Waals surface area contributed by atoms with Crippen LogP contribution in [0.15, 0.2) is 40.0 Å². The molecular formula is C12H12BrN3O4S. The topological polar surface area (TPSA) is 101 Å². The van der Waals surface area contributed by atoms with Gasteiger partial charge in [-0.15, -0.1) is 0 Å². The van der Waals surface area contributed by atoms with Crippen LogP contribution in [0.5, 0.6) is 0 Å². The Bertz CT molecular complexity index is 786. The first-order chi connectivity index (χ1) is 9.79. The smallest absolute Gasteiger partial charge is 0.335 e. The standard InChI is InChI=1S/C12H12BrN3O4S/c1-16-7-8(5-14-16)6-15-21(19,20)11-4-9(12(17)18)2-3-10(11)13/h2-5,7,15H,6H2,1H3,(H,17,18). The molecule has 1 aromatic heterocycles. The summed E-state index contributed by atoms with van der Waals surface area (Å²) in [6, 6.07) is 3.83. The van der Waals surface area contributed by atoms with Gasteiger partial charge < -0.3 is 5.11 Å². The molecule has 1 heterocycles. The van der Waals surface area contributed by atoms with E-state index in [2.05, 4.69) is 25.8 Å².